The van der Waals surface area contributed by atoms with Gasteiger partial charge < -0.3 is 4.74 Å². The van der Waals surface area contributed by atoms with Crippen LogP contribution in [0.3, 0.4) is 0 Å². The molecule has 2 heterocycles. The lowest BCUT2D eigenvalue weighted by Crippen LogP contribution is -2.13. The minimum atomic E-state index is -0.355. The quantitative estimate of drug-likeness (QED) is 0.613. The van der Waals surface area contributed by atoms with Crippen LogP contribution in [0.1, 0.15) is 11.9 Å². The van der Waals surface area contributed by atoms with E-state index in [4.69, 9.17) is 4.74 Å². The number of ether oxygens (including phenoxy) is 1. The zero-order chi connectivity index (χ0) is 8.39. The van der Waals surface area contributed by atoms with Gasteiger partial charge in [0.05, 0.1) is 6.20 Å². The molecule has 1 N–H and O–H groups in total. The van der Waals surface area contributed by atoms with Crippen LogP contribution in [0.25, 0.3) is 0 Å². The van der Waals surface area contributed by atoms with Gasteiger partial charge in [-0.2, -0.15) is 0 Å². The van der Waals surface area contributed by atoms with Crippen LogP contribution in [0.5, 0.6) is 0 Å². The summed E-state index contributed by atoms with van der Waals surface area (Å²) in [5.41, 5.74) is 3.39. The molecular weight excluding hydrogens is 176 g/mol. The molecule has 1 unspecified atom stereocenters. The second-order valence-electron chi connectivity index (χ2n) is 2.15. The van der Waals surface area contributed by atoms with Crippen LogP contribution in [-0.2, 0) is 4.74 Å². The molecule has 1 atom stereocenters. The highest BCUT2D eigenvalue weighted by Gasteiger charge is 2.19. The minimum absolute atomic E-state index is 0.311. The first kappa shape index (κ1) is 7.35. The van der Waals surface area contributed by atoms with Crippen LogP contribution in [0.15, 0.2) is 23.7 Å². The van der Waals surface area contributed by atoms with E-state index in [0.717, 1.165) is 0 Å². The van der Waals surface area contributed by atoms with Crippen LogP contribution < -0.4 is 5.43 Å². The number of nitrogens with one attached hydrogen (secondary N) is 1. The van der Waals surface area contributed by atoms with Gasteiger partial charge in [-0.25, -0.2) is 0 Å². The van der Waals surface area contributed by atoms with E-state index in [1.54, 1.807) is 18.6 Å². The van der Waals surface area contributed by atoms with Crippen molar-refractivity contribution in [3.8, 4) is 0 Å². The fraction of sp³-hybridized carbons (Fsp3) is 0.167. The average molecular weight is 182 g/mol. The molecular formula is C6H6N4OS. The van der Waals surface area contributed by atoms with Gasteiger partial charge in [0, 0.05) is 12.4 Å². The summed E-state index contributed by atoms with van der Waals surface area (Å²) in [5, 5.41) is 4.05. The van der Waals surface area contributed by atoms with E-state index in [1.807, 2.05) is 0 Å². The molecule has 12 heavy (non-hydrogen) atoms. The van der Waals surface area contributed by atoms with Crippen molar-refractivity contribution in [1.29, 1.82) is 0 Å². The predicted molar refractivity (Wildman–Crippen MR) is 45.4 cm³/mol. The molecule has 1 aliphatic rings. The zero-order valence-corrected chi connectivity index (χ0v) is 6.90. The molecule has 0 saturated heterocycles. The molecule has 62 valence electrons. The Morgan fingerprint density at radius 1 is 1.50 bits per heavy atom. The Morgan fingerprint density at radius 3 is 3.00 bits per heavy atom. The summed E-state index contributed by atoms with van der Waals surface area (Å²) in [6.45, 7) is 0. The van der Waals surface area contributed by atoms with E-state index in [0.29, 0.717) is 10.9 Å². The number of rotatable bonds is 1. The lowest BCUT2D eigenvalue weighted by atomic mass is 10.4. The fourth-order valence-electron chi connectivity index (χ4n) is 0.844. The molecule has 0 saturated carbocycles. The van der Waals surface area contributed by atoms with E-state index in [2.05, 4.69) is 33.1 Å². The predicted octanol–water partition coefficient (Wildman–Crippen LogP) is 0.296. The van der Waals surface area contributed by atoms with Crippen molar-refractivity contribution in [2.45, 2.75) is 6.23 Å². The van der Waals surface area contributed by atoms with Gasteiger partial charge in [0.15, 0.2) is 0 Å². The summed E-state index contributed by atoms with van der Waals surface area (Å²) < 4.78 is 5.15. The first-order valence-electron chi connectivity index (χ1n) is 3.31. The van der Waals surface area contributed by atoms with Gasteiger partial charge in [-0.3, -0.25) is 15.4 Å². The Hall–Kier alpha value is -1.30. The normalized spacial score (nSPS) is 21.1. The lowest BCUT2D eigenvalue weighted by molar-refractivity contribution is 0.191. The summed E-state index contributed by atoms with van der Waals surface area (Å²) in [4.78, 5) is 7.93. The maximum absolute atomic E-state index is 5.15. The van der Waals surface area contributed by atoms with Gasteiger partial charge in [-0.1, -0.05) is 12.6 Å². The summed E-state index contributed by atoms with van der Waals surface area (Å²) in [7, 11) is 0. The number of thiol groups is 1. The fourth-order valence-corrected chi connectivity index (χ4v) is 1.01. The summed E-state index contributed by atoms with van der Waals surface area (Å²) in [6.07, 6.45) is 4.45. The van der Waals surface area contributed by atoms with Gasteiger partial charge in [0.25, 0.3) is 5.23 Å². The number of hydrogen-bond acceptors (Lipinski definition) is 5. The van der Waals surface area contributed by atoms with Crippen molar-refractivity contribution in [3.63, 3.8) is 0 Å². The largest absolute Gasteiger partial charge is 0.440 e. The molecule has 0 aliphatic carbocycles. The molecule has 0 fully saturated rings. The van der Waals surface area contributed by atoms with Crippen molar-refractivity contribution in [2.24, 2.45) is 5.10 Å². The van der Waals surface area contributed by atoms with Crippen LogP contribution in [0.2, 0.25) is 0 Å². The number of nitrogens with zero attached hydrogens (tertiary/aromatic N) is 3. The maximum atomic E-state index is 5.15. The highest BCUT2D eigenvalue weighted by molar-refractivity contribution is 7.96. The third-order valence-corrected chi connectivity index (χ3v) is 1.56. The Morgan fingerprint density at radius 2 is 2.42 bits per heavy atom. The Kier molecular flexibility index (Phi) is 1.83. The number of aromatic nitrogens is 2. The third kappa shape index (κ3) is 1.33. The Balaban J connectivity index is 2.14. The molecule has 6 heteroatoms. The maximum Gasteiger partial charge on any atom is 0.266 e. The molecule has 0 radical (unpaired) electrons. The number of hydrazone groups is 1. The van der Waals surface area contributed by atoms with Crippen molar-refractivity contribution >= 4 is 17.9 Å². The van der Waals surface area contributed by atoms with Gasteiger partial charge >= 0.3 is 0 Å². The molecule has 1 aliphatic heterocycles. The topological polar surface area (TPSA) is 59.4 Å². The first-order chi connectivity index (χ1) is 5.86. The van der Waals surface area contributed by atoms with Gasteiger partial charge in [0.2, 0.25) is 6.23 Å². The first-order valence-corrected chi connectivity index (χ1v) is 3.76. The van der Waals surface area contributed by atoms with E-state index >= 15 is 0 Å². The van der Waals surface area contributed by atoms with Crippen molar-refractivity contribution in [1.82, 2.24) is 15.4 Å². The zero-order valence-electron chi connectivity index (χ0n) is 6.01. The van der Waals surface area contributed by atoms with Crippen molar-refractivity contribution < 1.29 is 4.74 Å². The van der Waals surface area contributed by atoms with Gasteiger partial charge in [0.1, 0.15) is 5.69 Å². The van der Waals surface area contributed by atoms with Crippen molar-refractivity contribution in [3.05, 3.63) is 24.3 Å². The van der Waals surface area contributed by atoms with Crippen LogP contribution in [-0.4, -0.2) is 15.2 Å². The highest BCUT2D eigenvalue weighted by Crippen LogP contribution is 2.16. The van der Waals surface area contributed by atoms with Crippen LogP contribution >= 0.6 is 12.6 Å². The SMILES string of the molecule is SC1=NNC(c2cnccn2)O1. The van der Waals surface area contributed by atoms with Crippen LogP contribution in [0, 0.1) is 0 Å². The van der Waals surface area contributed by atoms with E-state index in [1.165, 1.54) is 0 Å². The molecule has 2 rings (SSSR count). The van der Waals surface area contributed by atoms with Crippen molar-refractivity contribution in [2.75, 3.05) is 0 Å². The molecule has 1 aromatic heterocycles. The second-order valence-corrected chi connectivity index (χ2v) is 2.53. The molecule has 1 aromatic rings. The third-order valence-electron chi connectivity index (χ3n) is 1.35. The highest BCUT2D eigenvalue weighted by atomic mass is 32.1. The molecule has 0 amide bonds. The van der Waals surface area contributed by atoms with E-state index < -0.39 is 0 Å². The average Bonchev–Trinajstić information content (AvgIpc) is 2.54. The van der Waals surface area contributed by atoms with E-state index in [9.17, 15) is 0 Å². The molecule has 0 spiro atoms. The summed E-state index contributed by atoms with van der Waals surface area (Å²) in [5.74, 6) is 0. The standard InChI is InChI=1S/C6H6N4OS/c12-6-10-9-5(11-6)4-3-7-1-2-8-4/h1-3,5,9H,(H,10,12). The van der Waals surface area contributed by atoms with Gasteiger partial charge in [-0.15, -0.1) is 5.10 Å². The smallest absolute Gasteiger partial charge is 0.266 e. The number of hydrogen-bond donors (Lipinski definition) is 2. The van der Waals surface area contributed by atoms with Gasteiger partial charge in [-0.05, 0) is 0 Å². The Bertz CT molecular complexity index is 302. The lowest BCUT2D eigenvalue weighted by Gasteiger charge is -2.07. The molecule has 0 aromatic carbocycles. The Labute approximate surface area is 74.3 Å². The summed E-state index contributed by atoms with van der Waals surface area (Å²) >= 11 is 3.92. The molecule has 0 bridgehead atoms. The van der Waals surface area contributed by atoms with E-state index in [-0.39, 0.29) is 6.23 Å². The second kappa shape index (κ2) is 2.98. The minimum Gasteiger partial charge on any atom is -0.440 e. The van der Waals surface area contributed by atoms with Crippen LogP contribution in [0.4, 0.5) is 0 Å². The summed E-state index contributed by atoms with van der Waals surface area (Å²) in [6, 6.07) is 0. The molecule has 5 nitrogen and oxygen atoms in total. The monoisotopic (exact) mass is 182 g/mol.